The third kappa shape index (κ3) is 6.38. The second kappa shape index (κ2) is 7.40. The first kappa shape index (κ1) is 14.1. The van der Waals surface area contributed by atoms with Crippen molar-refractivity contribution < 1.29 is 4.74 Å². The normalized spacial score (nSPS) is 11.6. The van der Waals surface area contributed by atoms with Crippen LogP contribution < -0.4 is 5.32 Å². The van der Waals surface area contributed by atoms with Crippen LogP contribution >= 0.6 is 0 Å². The molecule has 1 aromatic rings. The molecule has 0 aliphatic heterocycles. The molecule has 5 nitrogen and oxygen atoms in total. The minimum absolute atomic E-state index is 0.467. The lowest BCUT2D eigenvalue weighted by Crippen LogP contribution is -2.21. The first-order valence-corrected chi connectivity index (χ1v) is 6.28. The Bertz CT molecular complexity index is 309. The van der Waals surface area contributed by atoms with Crippen molar-refractivity contribution in [3.8, 4) is 0 Å². The Labute approximate surface area is 104 Å². The van der Waals surface area contributed by atoms with Crippen LogP contribution in [0.25, 0.3) is 0 Å². The Morgan fingerprint density at radius 2 is 2.12 bits per heavy atom. The molecule has 0 bridgehead atoms. The van der Waals surface area contributed by atoms with Crippen molar-refractivity contribution >= 4 is 0 Å². The van der Waals surface area contributed by atoms with Crippen molar-refractivity contribution in [3.63, 3.8) is 0 Å². The van der Waals surface area contributed by atoms with E-state index in [9.17, 15) is 0 Å². The van der Waals surface area contributed by atoms with Crippen LogP contribution in [0, 0.1) is 5.92 Å². The number of ether oxygens (including phenoxy) is 1. The second-order valence-electron chi connectivity index (χ2n) is 4.98. The van der Waals surface area contributed by atoms with Crippen molar-refractivity contribution in [2.45, 2.75) is 46.8 Å². The fourth-order valence-electron chi connectivity index (χ4n) is 1.31. The van der Waals surface area contributed by atoms with Gasteiger partial charge in [-0.25, -0.2) is 4.68 Å². The SMILES string of the molecule is CC(C)COCCn1cc(CNC(C)C)nn1. The molecule has 0 atom stereocenters. The van der Waals surface area contributed by atoms with Gasteiger partial charge in [0.15, 0.2) is 0 Å². The van der Waals surface area contributed by atoms with Gasteiger partial charge in [-0.15, -0.1) is 5.10 Å². The van der Waals surface area contributed by atoms with Crippen molar-refractivity contribution in [1.29, 1.82) is 0 Å². The monoisotopic (exact) mass is 240 g/mol. The number of nitrogens with one attached hydrogen (secondary N) is 1. The van der Waals surface area contributed by atoms with Gasteiger partial charge < -0.3 is 10.1 Å². The van der Waals surface area contributed by atoms with Crippen LogP contribution in [0.3, 0.4) is 0 Å². The smallest absolute Gasteiger partial charge is 0.0964 e. The molecule has 0 radical (unpaired) electrons. The third-order valence-electron chi connectivity index (χ3n) is 2.19. The molecule has 0 amide bonds. The zero-order valence-corrected chi connectivity index (χ0v) is 11.3. The van der Waals surface area contributed by atoms with Gasteiger partial charge in [0.25, 0.3) is 0 Å². The van der Waals surface area contributed by atoms with E-state index >= 15 is 0 Å². The largest absolute Gasteiger partial charge is 0.379 e. The number of aromatic nitrogens is 3. The molecule has 0 aromatic carbocycles. The van der Waals surface area contributed by atoms with Crippen LogP contribution in [0.2, 0.25) is 0 Å². The molecule has 17 heavy (non-hydrogen) atoms. The van der Waals surface area contributed by atoms with Gasteiger partial charge in [0.05, 0.1) is 18.8 Å². The van der Waals surface area contributed by atoms with E-state index in [0.29, 0.717) is 18.6 Å². The van der Waals surface area contributed by atoms with Gasteiger partial charge in [-0.3, -0.25) is 0 Å². The predicted molar refractivity (Wildman–Crippen MR) is 67.7 cm³/mol. The molecule has 0 aliphatic rings. The number of hydrogen-bond donors (Lipinski definition) is 1. The highest BCUT2D eigenvalue weighted by atomic mass is 16.5. The van der Waals surface area contributed by atoms with Crippen molar-refractivity contribution in [3.05, 3.63) is 11.9 Å². The Morgan fingerprint density at radius 1 is 1.35 bits per heavy atom. The van der Waals surface area contributed by atoms with Crippen molar-refractivity contribution in [2.75, 3.05) is 13.2 Å². The van der Waals surface area contributed by atoms with Crippen LogP contribution in [0.4, 0.5) is 0 Å². The summed E-state index contributed by atoms with van der Waals surface area (Å²) in [4.78, 5) is 0. The van der Waals surface area contributed by atoms with Crippen LogP contribution in [0.15, 0.2) is 6.20 Å². The minimum atomic E-state index is 0.467. The zero-order valence-electron chi connectivity index (χ0n) is 11.3. The summed E-state index contributed by atoms with van der Waals surface area (Å²) in [6, 6.07) is 0.467. The Kier molecular flexibility index (Phi) is 6.15. The van der Waals surface area contributed by atoms with Gasteiger partial charge in [0.1, 0.15) is 0 Å². The van der Waals surface area contributed by atoms with Gasteiger partial charge in [0.2, 0.25) is 0 Å². The summed E-state index contributed by atoms with van der Waals surface area (Å²) in [5, 5.41) is 11.5. The highest BCUT2D eigenvalue weighted by Crippen LogP contribution is 1.96. The fourth-order valence-corrected chi connectivity index (χ4v) is 1.31. The Morgan fingerprint density at radius 3 is 2.76 bits per heavy atom. The molecule has 0 saturated heterocycles. The lowest BCUT2D eigenvalue weighted by atomic mass is 10.2. The zero-order chi connectivity index (χ0) is 12.7. The molecule has 0 saturated carbocycles. The summed E-state index contributed by atoms with van der Waals surface area (Å²) in [6.45, 7) is 11.5. The molecule has 0 spiro atoms. The lowest BCUT2D eigenvalue weighted by Gasteiger charge is -2.06. The van der Waals surface area contributed by atoms with Crippen LogP contribution in [-0.2, 0) is 17.8 Å². The summed E-state index contributed by atoms with van der Waals surface area (Å²) in [7, 11) is 0. The average molecular weight is 240 g/mol. The summed E-state index contributed by atoms with van der Waals surface area (Å²) < 4.78 is 7.33. The molecule has 0 fully saturated rings. The molecule has 98 valence electrons. The predicted octanol–water partition coefficient (Wildman–Crippen LogP) is 1.45. The number of hydrogen-bond acceptors (Lipinski definition) is 4. The summed E-state index contributed by atoms with van der Waals surface area (Å²) in [5.74, 6) is 0.580. The maximum absolute atomic E-state index is 5.50. The molecule has 0 aliphatic carbocycles. The van der Waals surface area contributed by atoms with Gasteiger partial charge in [-0.1, -0.05) is 32.9 Å². The molecule has 1 rings (SSSR count). The van der Waals surface area contributed by atoms with E-state index in [-0.39, 0.29) is 0 Å². The van der Waals surface area contributed by atoms with E-state index in [4.69, 9.17) is 4.74 Å². The van der Waals surface area contributed by atoms with E-state index in [1.807, 2.05) is 10.9 Å². The third-order valence-corrected chi connectivity index (χ3v) is 2.19. The van der Waals surface area contributed by atoms with Gasteiger partial charge in [-0.05, 0) is 5.92 Å². The Hall–Kier alpha value is -0.940. The van der Waals surface area contributed by atoms with E-state index in [2.05, 4.69) is 43.3 Å². The van der Waals surface area contributed by atoms with Crippen molar-refractivity contribution in [2.24, 2.45) is 5.92 Å². The average Bonchev–Trinajstić information content (AvgIpc) is 2.69. The van der Waals surface area contributed by atoms with E-state index in [0.717, 1.165) is 25.4 Å². The minimum Gasteiger partial charge on any atom is -0.379 e. The quantitative estimate of drug-likeness (QED) is 0.699. The summed E-state index contributed by atoms with van der Waals surface area (Å²) in [6.07, 6.45) is 1.97. The number of nitrogens with zero attached hydrogens (tertiary/aromatic N) is 3. The van der Waals surface area contributed by atoms with Crippen LogP contribution in [-0.4, -0.2) is 34.2 Å². The molecule has 5 heteroatoms. The molecular formula is C12H24N4O. The van der Waals surface area contributed by atoms with Gasteiger partial charge in [-0.2, -0.15) is 0 Å². The van der Waals surface area contributed by atoms with Crippen LogP contribution in [0.5, 0.6) is 0 Å². The maximum atomic E-state index is 5.50. The highest BCUT2D eigenvalue weighted by Gasteiger charge is 2.01. The van der Waals surface area contributed by atoms with Gasteiger partial charge in [0, 0.05) is 25.4 Å². The maximum Gasteiger partial charge on any atom is 0.0964 e. The molecule has 1 N–H and O–H groups in total. The first-order chi connectivity index (χ1) is 8.08. The summed E-state index contributed by atoms with van der Waals surface area (Å²) in [5.41, 5.74) is 0.975. The molecule has 1 aromatic heterocycles. The van der Waals surface area contributed by atoms with E-state index < -0.39 is 0 Å². The topological polar surface area (TPSA) is 52.0 Å². The molecule has 0 unspecified atom stereocenters. The summed E-state index contributed by atoms with van der Waals surface area (Å²) >= 11 is 0. The van der Waals surface area contributed by atoms with E-state index in [1.165, 1.54) is 0 Å². The highest BCUT2D eigenvalue weighted by molar-refractivity contribution is 4.91. The molecular weight excluding hydrogens is 216 g/mol. The van der Waals surface area contributed by atoms with Crippen LogP contribution in [0.1, 0.15) is 33.4 Å². The second-order valence-corrected chi connectivity index (χ2v) is 4.98. The Balaban J connectivity index is 2.21. The van der Waals surface area contributed by atoms with Crippen molar-refractivity contribution in [1.82, 2.24) is 20.3 Å². The lowest BCUT2D eigenvalue weighted by molar-refractivity contribution is 0.101. The standard InChI is InChI=1S/C12H24N4O/c1-10(2)9-17-6-5-16-8-12(14-15-16)7-13-11(3)4/h8,10-11,13H,5-7,9H2,1-4H3. The first-order valence-electron chi connectivity index (χ1n) is 6.28. The van der Waals surface area contributed by atoms with Gasteiger partial charge >= 0.3 is 0 Å². The number of rotatable bonds is 8. The van der Waals surface area contributed by atoms with E-state index in [1.54, 1.807) is 0 Å². The fraction of sp³-hybridized carbons (Fsp3) is 0.833. The molecule has 1 heterocycles.